The van der Waals surface area contributed by atoms with Crippen LogP contribution in [0.4, 0.5) is 0 Å². The van der Waals surface area contributed by atoms with Gasteiger partial charge in [-0.1, -0.05) is 30.7 Å². The molecule has 1 aliphatic carbocycles. The first-order chi connectivity index (χ1) is 14.8. The van der Waals surface area contributed by atoms with E-state index in [1.165, 1.54) is 5.57 Å². The van der Waals surface area contributed by atoms with Gasteiger partial charge in [-0.2, -0.15) is 0 Å². The fraction of sp³-hybridized carbons (Fsp3) is 0.542. The molecule has 2 amide bonds. The van der Waals surface area contributed by atoms with Crippen LogP contribution in [-0.4, -0.2) is 49.0 Å². The number of rotatable bonds is 11. The van der Waals surface area contributed by atoms with Crippen molar-refractivity contribution < 1.29 is 23.9 Å². The van der Waals surface area contributed by atoms with Crippen molar-refractivity contribution in [2.75, 3.05) is 13.7 Å². The van der Waals surface area contributed by atoms with Gasteiger partial charge in [0.15, 0.2) is 5.78 Å². The lowest BCUT2D eigenvalue weighted by molar-refractivity contribution is -0.132. The molecular weight excluding hydrogens is 396 g/mol. The van der Waals surface area contributed by atoms with Crippen LogP contribution in [0, 0.1) is 0 Å². The highest BCUT2D eigenvalue weighted by Crippen LogP contribution is 2.31. The Morgan fingerprint density at radius 2 is 1.84 bits per heavy atom. The lowest BCUT2D eigenvalue weighted by Crippen LogP contribution is -2.54. The van der Waals surface area contributed by atoms with Crippen molar-refractivity contribution in [3.8, 4) is 5.75 Å². The summed E-state index contributed by atoms with van der Waals surface area (Å²) in [5.41, 5.74) is 1.25. The summed E-state index contributed by atoms with van der Waals surface area (Å²) < 4.78 is 10.5. The summed E-state index contributed by atoms with van der Waals surface area (Å²) in [5, 5.41) is 5.71. The molecule has 3 atom stereocenters. The maximum absolute atomic E-state index is 13.2. The summed E-state index contributed by atoms with van der Waals surface area (Å²) in [6.45, 7) is 3.87. The molecule has 2 aliphatic rings. The highest BCUT2D eigenvalue weighted by Gasteiger charge is 2.50. The summed E-state index contributed by atoms with van der Waals surface area (Å²) in [5.74, 6) is 0.0283. The van der Waals surface area contributed by atoms with Crippen molar-refractivity contribution in [2.45, 2.75) is 70.1 Å². The predicted molar refractivity (Wildman–Crippen MR) is 117 cm³/mol. The largest absolute Gasteiger partial charge is 0.497 e. The minimum Gasteiger partial charge on any atom is -0.497 e. The highest BCUT2D eigenvalue weighted by atomic mass is 16.6. The summed E-state index contributed by atoms with van der Waals surface area (Å²) in [6, 6.07) is 5.92. The standard InChI is InChI=1S/C24H32N2O5/c1-4-21(27)25-20(14-17-9-11-18(30-3)12-10-17)23(29)26-19(13-16-7-5-6-8-16)22(28)24(2)15-31-24/h7,9-12,19-20H,4-6,8,13-15H2,1-3H3,(H,25,27)(H,26,29). The van der Waals surface area contributed by atoms with E-state index in [1.807, 2.05) is 24.3 Å². The molecule has 1 heterocycles. The number of Topliss-reactive ketones (excluding diaryl/α,β-unsaturated/α-hetero) is 1. The summed E-state index contributed by atoms with van der Waals surface area (Å²) in [6.07, 6.45) is 6.25. The molecule has 3 rings (SSSR count). The van der Waals surface area contributed by atoms with Gasteiger partial charge in [0.2, 0.25) is 11.8 Å². The third-order valence-corrected chi connectivity index (χ3v) is 5.90. The van der Waals surface area contributed by atoms with Gasteiger partial charge in [-0.15, -0.1) is 0 Å². The third-order valence-electron chi connectivity index (χ3n) is 5.90. The van der Waals surface area contributed by atoms with E-state index in [-0.39, 0.29) is 24.0 Å². The van der Waals surface area contributed by atoms with Crippen molar-refractivity contribution in [1.82, 2.24) is 10.6 Å². The van der Waals surface area contributed by atoms with Crippen molar-refractivity contribution in [2.24, 2.45) is 0 Å². The molecule has 0 radical (unpaired) electrons. The number of hydrogen-bond acceptors (Lipinski definition) is 5. The Kier molecular flexibility index (Phi) is 7.49. The van der Waals surface area contributed by atoms with E-state index in [2.05, 4.69) is 16.7 Å². The Balaban J connectivity index is 1.74. The molecule has 0 spiro atoms. The zero-order chi connectivity index (χ0) is 22.4. The first kappa shape index (κ1) is 23.0. The number of allylic oxidation sites excluding steroid dienone is 1. The average molecular weight is 429 g/mol. The van der Waals surface area contributed by atoms with Gasteiger partial charge in [0, 0.05) is 12.8 Å². The highest BCUT2D eigenvalue weighted by molar-refractivity contribution is 5.98. The number of carbonyl (C=O) groups is 3. The maximum Gasteiger partial charge on any atom is 0.243 e. The van der Waals surface area contributed by atoms with Gasteiger partial charge >= 0.3 is 0 Å². The Bertz CT molecular complexity index is 842. The Morgan fingerprint density at radius 3 is 2.39 bits per heavy atom. The van der Waals surface area contributed by atoms with Gasteiger partial charge in [-0.05, 0) is 50.3 Å². The Labute approximate surface area is 183 Å². The van der Waals surface area contributed by atoms with Gasteiger partial charge in [0.1, 0.15) is 17.4 Å². The van der Waals surface area contributed by atoms with Crippen LogP contribution in [0.3, 0.4) is 0 Å². The fourth-order valence-electron chi connectivity index (χ4n) is 3.79. The lowest BCUT2D eigenvalue weighted by atomic mass is 9.94. The minimum absolute atomic E-state index is 0.112. The summed E-state index contributed by atoms with van der Waals surface area (Å²) in [7, 11) is 1.59. The third kappa shape index (κ3) is 6.17. The van der Waals surface area contributed by atoms with Crippen molar-refractivity contribution >= 4 is 17.6 Å². The Morgan fingerprint density at radius 1 is 1.13 bits per heavy atom. The van der Waals surface area contributed by atoms with E-state index in [9.17, 15) is 14.4 Å². The molecular formula is C24H32N2O5. The number of ether oxygens (including phenoxy) is 2. The Hall–Kier alpha value is -2.67. The summed E-state index contributed by atoms with van der Waals surface area (Å²) in [4.78, 5) is 38.3. The zero-order valence-electron chi connectivity index (χ0n) is 18.5. The minimum atomic E-state index is -0.824. The number of carbonyl (C=O) groups excluding carboxylic acids is 3. The van der Waals surface area contributed by atoms with Crippen molar-refractivity contribution in [3.63, 3.8) is 0 Å². The smallest absolute Gasteiger partial charge is 0.243 e. The topological polar surface area (TPSA) is 97.0 Å². The lowest BCUT2D eigenvalue weighted by Gasteiger charge is -2.24. The van der Waals surface area contributed by atoms with Crippen LogP contribution in [0.15, 0.2) is 35.9 Å². The molecule has 2 N–H and O–H groups in total. The van der Waals surface area contributed by atoms with E-state index in [4.69, 9.17) is 9.47 Å². The number of hydrogen-bond donors (Lipinski definition) is 2. The van der Waals surface area contributed by atoms with Crippen LogP contribution < -0.4 is 15.4 Å². The SMILES string of the molecule is CCC(=O)NC(Cc1ccc(OC)cc1)C(=O)NC(CC1=CCCC1)C(=O)C1(C)CO1. The molecule has 168 valence electrons. The molecule has 1 aliphatic heterocycles. The molecule has 0 bridgehead atoms. The molecule has 1 aromatic rings. The van der Waals surface area contributed by atoms with Gasteiger partial charge < -0.3 is 20.1 Å². The maximum atomic E-state index is 13.2. The second-order valence-electron chi connectivity index (χ2n) is 8.43. The van der Waals surface area contributed by atoms with Crippen molar-refractivity contribution in [3.05, 3.63) is 41.5 Å². The normalized spacial score (nSPS) is 21.6. The second-order valence-corrected chi connectivity index (χ2v) is 8.43. The predicted octanol–water partition coefficient (Wildman–Crippen LogP) is 2.48. The fourth-order valence-corrected chi connectivity index (χ4v) is 3.79. The second kappa shape index (κ2) is 10.1. The van der Waals surface area contributed by atoms with Gasteiger partial charge in [0.25, 0.3) is 0 Å². The molecule has 7 heteroatoms. The van der Waals surface area contributed by atoms with Crippen LogP contribution in [0.5, 0.6) is 5.75 Å². The van der Waals surface area contributed by atoms with Crippen LogP contribution in [0.25, 0.3) is 0 Å². The number of nitrogens with one attached hydrogen (secondary N) is 2. The first-order valence-corrected chi connectivity index (χ1v) is 10.9. The summed E-state index contributed by atoms with van der Waals surface area (Å²) >= 11 is 0. The molecule has 3 unspecified atom stereocenters. The molecule has 0 saturated carbocycles. The number of benzene rings is 1. The van der Waals surface area contributed by atoms with E-state index in [0.29, 0.717) is 19.4 Å². The number of methoxy groups -OCH3 is 1. The zero-order valence-corrected chi connectivity index (χ0v) is 18.5. The molecule has 1 fully saturated rings. The molecule has 31 heavy (non-hydrogen) atoms. The monoisotopic (exact) mass is 428 g/mol. The number of amides is 2. The molecule has 1 aromatic carbocycles. The molecule has 1 saturated heterocycles. The van der Waals surface area contributed by atoms with E-state index < -0.39 is 17.7 Å². The quantitative estimate of drug-likeness (QED) is 0.417. The van der Waals surface area contributed by atoms with E-state index in [1.54, 1.807) is 21.0 Å². The van der Waals surface area contributed by atoms with Crippen LogP contribution in [-0.2, 0) is 25.5 Å². The molecule has 0 aromatic heterocycles. The molecule has 7 nitrogen and oxygen atoms in total. The van der Waals surface area contributed by atoms with Crippen LogP contribution in [0.1, 0.15) is 51.5 Å². The average Bonchev–Trinajstić information content (AvgIpc) is 3.31. The van der Waals surface area contributed by atoms with Crippen molar-refractivity contribution in [1.29, 1.82) is 0 Å². The van der Waals surface area contributed by atoms with Gasteiger partial charge in [-0.3, -0.25) is 14.4 Å². The van der Waals surface area contributed by atoms with Crippen LogP contribution >= 0.6 is 0 Å². The number of epoxide rings is 1. The van der Waals surface area contributed by atoms with Gasteiger partial charge in [0.05, 0.1) is 19.8 Å². The first-order valence-electron chi connectivity index (χ1n) is 10.9. The van der Waals surface area contributed by atoms with Gasteiger partial charge in [-0.25, -0.2) is 0 Å². The van der Waals surface area contributed by atoms with Crippen LogP contribution in [0.2, 0.25) is 0 Å². The van der Waals surface area contributed by atoms with E-state index in [0.717, 1.165) is 30.6 Å². The number of ketones is 1. The van der Waals surface area contributed by atoms with E-state index >= 15 is 0 Å².